The maximum absolute atomic E-state index is 13.3. The molecule has 0 aliphatic rings. The van der Waals surface area contributed by atoms with Crippen LogP contribution in [-0.4, -0.2) is 42.9 Å². The second-order valence-corrected chi connectivity index (χ2v) is 10.1. The molecule has 0 spiro atoms. The molecule has 1 radical (unpaired) electrons. The first kappa shape index (κ1) is 26.6. The molecular formula is C18H12Cl2N2NaO7PS-. The van der Waals surface area contributed by atoms with Crippen LogP contribution in [-0.2, 0) is 14.6 Å². The Morgan fingerprint density at radius 1 is 0.812 bits per heavy atom. The number of halogens is 2. The van der Waals surface area contributed by atoms with Crippen molar-refractivity contribution in [3.05, 3.63) is 97.4 Å². The van der Waals surface area contributed by atoms with Gasteiger partial charge in [-0.25, -0.2) is 8.42 Å². The maximum Gasteiger partial charge on any atom is 0.355 e. The van der Waals surface area contributed by atoms with Crippen LogP contribution in [0.2, 0.25) is 10.0 Å². The van der Waals surface area contributed by atoms with Crippen LogP contribution in [0.5, 0.6) is 11.5 Å². The molecule has 0 unspecified atom stereocenters. The van der Waals surface area contributed by atoms with Crippen LogP contribution in [0.4, 0.5) is 5.69 Å². The number of hydrogen-bond donors (Lipinski definition) is 0. The summed E-state index contributed by atoms with van der Waals surface area (Å²) in [4.78, 5) is 9.65. The van der Waals surface area contributed by atoms with E-state index in [9.17, 15) is 23.1 Å². The number of hydrogen-bond acceptors (Lipinski definition) is 7. The average Bonchev–Trinajstić information content (AvgIpc) is 2.71. The molecule has 0 amide bonds. The Balaban J connectivity index is 0.00000363. The number of rotatable bonds is 8. The van der Waals surface area contributed by atoms with Crippen molar-refractivity contribution in [3.63, 3.8) is 0 Å². The summed E-state index contributed by atoms with van der Waals surface area (Å²) in [5.41, 5.74) is -0.322. The first-order chi connectivity index (χ1) is 14.6. The van der Waals surface area contributed by atoms with Gasteiger partial charge in [0.25, 0.3) is 5.69 Å². The Kier molecular flexibility index (Phi) is 9.15. The molecule has 3 aromatic carbocycles. The third-order valence-corrected chi connectivity index (χ3v) is 7.54. The summed E-state index contributed by atoms with van der Waals surface area (Å²) in [7, 11) is -9.27. The second kappa shape index (κ2) is 11.0. The van der Waals surface area contributed by atoms with Crippen LogP contribution >= 0.6 is 30.9 Å². The van der Waals surface area contributed by atoms with Crippen LogP contribution in [0, 0.1) is 10.1 Å². The summed E-state index contributed by atoms with van der Waals surface area (Å²) in [6.45, 7) is 0. The van der Waals surface area contributed by atoms with Crippen molar-refractivity contribution >= 4 is 76.2 Å². The van der Waals surface area contributed by atoms with E-state index in [-0.39, 0.29) is 46.7 Å². The van der Waals surface area contributed by atoms with E-state index in [2.05, 4.69) is 4.49 Å². The van der Waals surface area contributed by atoms with Gasteiger partial charge in [-0.1, -0.05) is 23.2 Å². The summed E-state index contributed by atoms with van der Waals surface area (Å²) in [5, 5.41) is 11.5. The predicted molar refractivity (Wildman–Crippen MR) is 121 cm³/mol. The monoisotopic (exact) mass is 524 g/mol. The summed E-state index contributed by atoms with van der Waals surface area (Å²) in [6.07, 6.45) is 0. The van der Waals surface area contributed by atoms with Gasteiger partial charge in [0, 0.05) is 56.6 Å². The topological polar surface area (TPSA) is 127 Å². The predicted octanol–water partition coefficient (Wildman–Crippen LogP) is 5.85. The van der Waals surface area contributed by atoms with Gasteiger partial charge in [0.05, 0.1) is 4.92 Å². The first-order valence-corrected chi connectivity index (χ1v) is 12.0. The van der Waals surface area contributed by atoms with E-state index >= 15 is 0 Å². The zero-order valence-corrected chi connectivity index (χ0v) is 21.5. The Morgan fingerprint density at radius 3 is 1.59 bits per heavy atom. The molecule has 0 bridgehead atoms. The SMILES string of the molecule is O=[N+]([O-])c1ccc(S(=O)(=O)[N-]P(=O)(Oc2ccc(Cl)cc2)Oc2ccc(Cl)cc2)cc1.[Na]. The van der Waals surface area contributed by atoms with Crippen molar-refractivity contribution in [3.8, 4) is 11.5 Å². The summed E-state index contributed by atoms with van der Waals surface area (Å²) >= 11 is 11.6. The van der Waals surface area contributed by atoms with Crippen molar-refractivity contribution in [2.24, 2.45) is 0 Å². The van der Waals surface area contributed by atoms with Gasteiger partial charge in [-0.15, -0.1) is 0 Å². The maximum atomic E-state index is 13.3. The fourth-order valence-corrected chi connectivity index (χ4v) is 5.47. The number of benzene rings is 3. The molecule has 3 rings (SSSR count). The third-order valence-electron chi connectivity index (χ3n) is 3.62. The van der Waals surface area contributed by atoms with Gasteiger partial charge in [-0.3, -0.25) is 14.7 Å². The molecule has 163 valence electrons. The van der Waals surface area contributed by atoms with Gasteiger partial charge in [-0.05, 0) is 60.7 Å². The fraction of sp³-hybridized carbons (Fsp3) is 0. The zero-order chi connectivity index (χ0) is 22.6. The summed E-state index contributed by atoms with van der Waals surface area (Å²) in [6, 6.07) is 15.1. The van der Waals surface area contributed by atoms with E-state index in [0.29, 0.717) is 10.0 Å². The minimum atomic E-state index is -4.69. The molecule has 0 heterocycles. The van der Waals surface area contributed by atoms with E-state index in [1.165, 1.54) is 48.5 Å². The largest absolute Gasteiger partial charge is 0.429 e. The normalized spacial score (nSPS) is 11.3. The van der Waals surface area contributed by atoms with E-state index in [4.69, 9.17) is 32.2 Å². The van der Waals surface area contributed by atoms with Crippen LogP contribution in [0.25, 0.3) is 4.49 Å². The third kappa shape index (κ3) is 7.19. The molecule has 0 saturated heterocycles. The molecule has 3 aromatic rings. The van der Waals surface area contributed by atoms with Gasteiger partial charge in [0.1, 0.15) is 21.5 Å². The van der Waals surface area contributed by atoms with E-state index in [0.717, 1.165) is 24.3 Å². The van der Waals surface area contributed by atoms with Crippen LogP contribution in [0.15, 0.2) is 77.7 Å². The van der Waals surface area contributed by atoms with Crippen molar-refractivity contribution < 1.29 is 27.0 Å². The molecule has 0 saturated carbocycles. The van der Waals surface area contributed by atoms with E-state index in [1.807, 2.05) is 0 Å². The molecule has 32 heavy (non-hydrogen) atoms. The molecule has 0 fully saturated rings. The molecule has 9 nitrogen and oxygen atoms in total. The standard InChI is InChI=1S/C18H12Cl2N2O7PS.Na/c19-13-1-7-16(8-2-13)28-30(25,29-17-9-3-14(20)4-10-17)21-31(26,27)18-11-5-15(6-12-18)22(23)24;/h1-12H;/q-1;. The van der Waals surface area contributed by atoms with Crippen molar-refractivity contribution in [1.29, 1.82) is 0 Å². The van der Waals surface area contributed by atoms with Crippen molar-refractivity contribution in [2.75, 3.05) is 0 Å². The smallest absolute Gasteiger partial charge is 0.355 e. The number of sulfonamides is 1. The first-order valence-electron chi connectivity index (χ1n) is 8.31. The molecule has 0 atom stereocenters. The Hall–Kier alpha value is -1.62. The number of nitrogens with zero attached hydrogens (tertiary/aromatic N) is 2. The van der Waals surface area contributed by atoms with E-state index in [1.54, 1.807) is 0 Å². The van der Waals surface area contributed by atoms with Crippen LogP contribution in [0.1, 0.15) is 0 Å². The van der Waals surface area contributed by atoms with Crippen molar-refractivity contribution in [2.45, 2.75) is 4.90 Å². The van der Waals surface area contributed by atoms with Crippen LogP contribution in [0.3, 0.4) is 0 Å². The quantitative estimate of drug-likeness (QED) is 0.156. The Morgan fingerprint density at radius 2 is 1.22 bits per heavy atom. The molecule has 0 N–H and O–H groups in total. The molecule has 0 aliphatic carbocycles. The molecule has 0 aliphatic heterocycles. The van der Waals surface area contributed by atoms with Gasteiger partial charge < -0.3 is 13.5 Å². The summed E-state index contributed by atoms with van der Waals surface area (Å²) in [5.74, 6) is -0.0197. The average molecular weight is 525 g/mol. The van der Waals surface area contributed by atoms with Gasteiger partial charge in [0.15, 0.2) is 0 Å². The zero-order valence-electron chi connectivity index (χ0n) is 16.3. The van der Waals surface area contributed by atoms with E-state index < -0.39 is 27.6 Å². The second-order valence-electron chi connectivity index (χ2n) is 5.87. The van der Waals surface area contributed by atoms with Crippen molar-refractivity contribution in [1.82, 2.24) is 0 Å². The minimum Gasteiger partial charge on any atom is -0.429 e. The number of non-ortho nitro benzene ring substituents is 1. The Labute approximate surface area is 215 Å². The number of nitro groups is 1. The van der Waals surface area contributed by atoms with Gasteiger partial charge >= 0.3 is 7.75 Å². The Bertz CT molecular complexity index is 1190. The molecular weight excluding hydrogens is 513 g/mol. The fourth-order valence-electron chi connectivity index (χ4n) is 2.23. The molecule has 0 aromatic heterocycles. The molecule has 14 heteroatoms. The minimum absolute atomic E-state index is 0. The van der Waals surface area contributed by atoms with Gasteiger partial charge in [0.2, 0.25) is 0 Å². The van der Waals surface area contributed by atoms with Crippen LogP contribution < -0.4 is 9.05 Å². The van der Waals surface area contributed by atoms with Gasteiger partial charge in [-0.2, -0.15) is 0 Å². The summed E-state index contributed by atoms with van der Waals surface area (Å²) < 4.78 is 52.7. The number of nitro benzene ring substituents is 1.